The number of hydrogen-bond donors (Lipinski definition) is 1. The number of hydrogen-bond acceptors (Lipinski definition) is 3. The van der Waals surface area contributed by atoms with E-state index < -0.39 is 6.04 Å². The molecule has 6 nitrogen and oxygen atoms in total. The Morgan fingerprint density at radius 1 is 1.14 bits per heavy atom. The molecule has 2 heterocycles. The largest absolute Gasteiger partial charge is 0.326 e. The Bertz CT molecular complexity index is 1090. The number of anilines is 2. The van der Waals surface area contributed by atoms with E-state index in [1.807, 2.05) is 54.8 Å². The van der Waals surface area contributed by atoms with Crippen molar-refractivity contribution in [3.63, 3.8) is 0 Å². The van der Waals surface area contributed by atoms with E-state index in [1.165, 1.54) is 0 Å². The third-order valence-electron chi connectivity index (χ3n) is 5.42. The highest BCUT2D eigenvalue weighted by Crippen LogP contribution is 2.42. The molecule has 2 aromatic carbocycles. The van der Waals surface area contributed by atoms with Gasteiger partial charge in [-0.1, -0.05) is 18.2 Å². The van der Waals surface area contributed by atoms with Crippen molar-refractivity contribution in [1.29, 1.82) is 0 Å². The Hall–Kier alpha value is -3.15. The molecule has 3 aromatic rings. The highest BCUT2D eigenvalue weighted by atomic mass is 16.2. The molecular formula is C22H22N4O2. The predicted octanol–water partition coefficient (Wildman–Crippen LogP) is 3.73. The predicted molar refractivity (Wildman–Crippen MR) is 108 cm³/mol. The third kappa shape index (κ3) is 2.76. The van der Waals surface area contributed by atoms with Crippen molar-refractivity contribution in [2.75, 3.05) is 10.2 Å². The van der Waals surface area contributed by atoms with Crippen molar-refractivity contribution in [3.8, 4) is 0 Å². The van der Waals surface area contributed by atoms with Crippen LogP contribution in [0.25, 0.3) is 11.0 Å². The Kier molecular flexibility index (Phi) is 3.75. The molecule has 28 heavy (non-hydrogen) atoms. The number of para-hydroxylation sites is 2. The molecule has 1 saturated carbocycles. The first-order valence-electron chi connectivity index (χ1n) is 9.69. The van der Waals surface area contributed by atoms with E-state index in [4.69, 9.17) is 0 Å². The summed E-state index contributed by atoms with van der Waals surface area (Å²) in [6, 6.07) is 13.4. The Labute approximate surface area is 163 Å². The molecule has 5 rings (SSSR count). The van der Waals surface area contributed by atoms with E-state index in [1.54, 1.807) is 4.90 Å². The van der Waals surface area contributed by atoms with E-state index in [0.717, 1.165) is 40.7 Å². The maximum atomic E-state index is 13.1. The van der Waals surface area contributed by atoms with E-state index in [9.17, 15) is 9.59 Å². The first-order valence-corrected chi connectivity index (χ1v) is 9.69. The molecule has 0 radical (unpaired) electrons. The number of fused-ring (bicyclic) bond motifs is 3. The maximum absolute atomic E-state index is 13.1. The molecular weight excluding hydrogens is 352 g/mol. The number of nitrogens with zero attached hydrogens (tertiary/aromatic N) is 3. The van der Waals surface area contributed by atoms with Crippen LogP contribution < -0.4 is 10.2 Å². The van der Waals surface area contributed by atoms with Crippen LogP contribution in [-0.2, 0) is 9.59 Å². The molecule has 0 bridgehead atoms. The fraction of sp³-hybridized carbons (Fsp3) is 0.318. The summed E-state index contributed by atoms with van der Waals surface area (Å²) in [5.74, 6) is 0.494. The summed E-state index contributed by atoms with van der Waals surface area (Å²) in [7, 11) is 0. The van der Waals surface area contributed by atoms with Crippen LogP contribution in [-0.4, -0.2) is 27.4 Å². The number of imidazole rings is 1. The molecule has 1 atom stereocenters. The number of rotatable bonds is 4. The second-order valence-corrected chi connectivity index (χ2v) is 7.85. The van der Waals surface area contributed by atoms with Crippen LogP contribution in [0.1, 0.15) is 36.4 Å². The quantitative estimate of drug-likeness (QED) is 0.757. The second kappa shape index (κ2) is 6.19. The minimum Gasteiger partial charge on any atom is -0.326 e. The lowest BCUT2D eigenvalue weighted by atomic mass is 10.1. The summed E-state index contributed by atoms with van der Waals surface area (Å²) in [4.78, 5) is 32.4. The molecule has 6 heteroatoms. The fourth-order valence-electron chi connectivity index (χ4n) is 4.17. The maximum Gasteiger partial charge on any atom is 0.253 e. The minimum absolute atomic E-state index is 0.0219. The van der Waals surface area contributed by atoms with E-state index in [2.05, 4.69) is 16.4 Å². The van der Waals surface area contributed by atoms with Crippen molar-refractivity contribution < 1.29 is 9.59 Å². The van der Waals surface area contributed by atoms with Gasteiger partial charge < -0.3 is 5.32 Å². The highest BCUT2D eigenvalue weighted by Gasteiger charge is 2.47. The van der Waals surface area contributed by atoms with Crippen LogP contribution in [0.15, 0.2) is 42.5 Å². The van der Waals surface area contributed by atoms with Crippen molar-refractivity contribution >= 4 is 34.5 Å². The van der Waals surface area contributed by atoms with Gasteiger partial charge in [0.25, 0.3) is 5.91 Å². The van der Waals surface area contributed by atoms with Gasteiger partial charge in [0.2, 0.25) is 11.9 Å². The normalized spacial score (nSPS) is 18.6. The van der Waals surface area contributed by atoms with Gasteiger partial charge in [-0.3, -0.25) is 19.1 Å². The number of carbonyl (C=O) groups is 2. The molecule has 2 amide bonds. The van der Waals surface area contributed by atoms with Gasteiger partial charge in [0.15, 0.2) is 0 Å². The molecule has 2 aliphatic rings. The summed E-state index contributed by atoms with van der Waals surface area (Å²) in [5, 5.41) is 2.96. The Morgan fingerprint density at radius 3 is 2.57 bits per heavy atom. The number of benzene rings is 2. The van der Waals surface area contributed by atoms with Crippen molar-refractivity contribution in [1.82, 2.24) is 9.55 Å². The van der Waals surface area contributed by atoms with Crippen molar-refractivity contribution in [2.45, 2.75) is 45.2 Å². The standard InChI is InChI=1S/C22H22N4O2/c1-13-9-14(2)11-15(10-13)23-20(27)12-19-21(28)25(16-7-8-16)22-24-17-5-3-4-6-18(17)26(19)22/h3-6,9-11,16,19H,7-8,12H2,1-2H3,(H,23,27)/t19-/m0/s1. The van der Waals surface area contributed by atoms with E-state index in [-0.39, 0.29) is 24.3 Å². The average molecular weight is 374 g/mol. The smallest absolute Gasteiger partial charge is 0.253 e. The topological polar surface area (TPSA) is 67.2 Å². The van der Waals surface area contributed by atoms with Crippen LogP contribution in [0.5, 0.6) is 0 Å². The number of carbonyl (C=O) groups excluding carboxylic acids is 2. The van der Waals surface area contributed by atoms with Crippen LogP contribution in [0.2, 0.25) is 0 Å². The Balaban J connectivity index is 1.46. The summed E-state index contributed by atoms with van der Waals surface area (Å²) in [6.07, 6.45) is 2.09. The first kappa shape index (κ1) is 17.0. The SMILES string of the molecule is Cc1cc(C)cc(NC(=O)C[C@H]2C(=O)N(C3CC3)c3nc4ccccc4n32)c1. The number of nitrogens with one attached hydrogen (secondary N) is 1. The summed E-state index contributed by atoms with van der Waals surface area (Å²) >= 11 is 0. The molecule has 1 N–H and O–H groups in total. The van der Waals surface area contributed by atoms with Gasteiger partial charge in [0.05, 0.1) is 17.5 Å². The number of amides is 2. The molecule has 0 unspecified atom stereocenters. The first-order chi connectivity index (χ1) is 13.5. The lowest BCUT2D eigenvalue weighted by Crippen LogP contribution is -2.33. The van der Waals surface area contributed by atoms with Crippen LogP contribution in [0.3, 0.4) is 0 Å². The molecule has 1 fully saturated rings. The lowest BCUT2D eigenvalue weighted by Gasteiger charge is -2.15. The van der Waals surface area contributed by atoms with E-state index in [0.29, 0.717) is 5.95 Å². The van der Waals surface area contributed by atoms with Crippen molar-refractivity contribution in [2.24, 2.45) is 0 Å². The Morgan fingerprint density at radius 2 is 1.86 bits per heavy atom. The van der Waals surface area contributed by atoms with Crippen molar-refractivity contribution in [3.05, 3.63) is 53.6 Å². The average Bonchev–Trinajstić information content (AvgIpc) is 3.33. The summed E-state index contributed by atoms with van der Waals surface area (Å²) in [6.45, 7) is 4.00. The highest BCUT2D eigenvalue weighted by molar-refractivity contribution is 6.05. The van der Waals surface area contributed by atoms with Crippen LogP contribution in [0, 0.1) is 13.8 Å². The molecule has 1 aliphatic heterocycles. The third-order valence-corrected chi connectivity index (χ3v) is 5.42. The van der Waals surface area contributed by atoms with Gasteiger partial charge in [-0.25, -0.2) is 4.98 Å². The summed E-state index contributed by atoms with van der Waals surface area (Å²) < 4.78 is 1.94. The van der Waals surface area contributed by atoms with Gasteiger partial charge in [0, 0.05) is 11.7 Å². The van der Waals surface area contributed by atoms with Gasteiger partial charge >= 0.3 is 0 Å². The molecule has 1 aromatic heterocycles. The van der Waals surface area contributed by atoms with Gasteiger partial charge in [-0.05, 0) is 62.1 Å². The monoisotopic (exact) mass is 374 g/mol. The van der Waals surface area contributed by atoms with Crippen LogP contribution in [0.4, 0.5) is 11.6 Å². The van der Waals surface area contributed by atoms with Crippen LogP contribution >= 0.6 is 0 Å². The zero-order valence-corrected chi connectivity index (χ0v) is 16.0. The van der Waals surface area contributed by atoms with Gasteiger partial charge in [-0.2, -0.15) is 0 Å². The summed E-state index contributed by atoms with van der Waals surface area (Å²) in [5.41, 5.74) is 4.71. The molecule has 142 valence electrons. The second-order valence-electron chi connectivity index (χ2n) is 7.85. The molecule has 1 aliphatic carbocycles. The number of aryl methyl sites for hydroxylation is 2. The lowest BCUT2D eigenvalue weighted by molar-refractivity contribution is -0.124. The zero-order valence-electron chi connectivity index (χ0n) is 16.0. The van der Waals surface area contributed by atoms with Gasteiger partial charge in [-0.15, -0.1) is 0 Å². The fourth-order valence-corrected chi connectivity index (χ4v) is 4.17. The number of aromatic nitrogens is 2. The minimum atomic E-state index is -0.547. The van der Waals surface area contributed by atoms with E-state index >= 15 is 0 Å². The molecule has 0 saturated heterocycles. The molecule has 0 spiro atoms. The van der Waals surface area contributed by atoms with Gasteiger partial charge in [0.1, 0.15) is 6.04 Å². The zero-order chi connectivity index (χ0) is 19.4.